The van der Waals surface area contributed by atoms with Crippen molar-refractivity contribution in [3.8, 4) is 0 Å². The van der Waals surface area contributed by atoms with E-state index in [4.69, 9.17) is 5.73 Å². The van der Waals surface area contributed by atoms with Crippen molar-refractivity contribution in [2.24, 2.45) is 11.1 Å². The molecule has 2 nitrogen and oxygen atoms in total. The summed E-state index contributed by atoms with van der Waals surface area (Å²) in [6, 6.07) is 10.8. The minimum absolute atomic E-state index is 0.392. The van der Waals surface area contributed by atoms with Crippen LogP contribution in [0.3, 0.4) is 0 Å². The molecule has 0 aliphatic carbocycles. The third kappa shape index (κ3) is 4.92. The summed E-state index contributed by atoms with van der Waals surface area (Å²) < 4.78 is 1.16. The molecule has 0 atom stereocenters. The topological polar surface area (TPSA) is 26.0 Å². The van der Waals surface area contributed by atoms with Crippen molar-refractivity contribution in [3.63, 3.8) is 0 Å². The minimum atomic E-state index is 0.392. The summed E-state index contributed by atoms with van der Waals surface area (Å²) in [5, 5.41) is 0. The Labute approximate surface area is 125 Å². The molecule has 2 heteroatoms. The average Bonchev–Trinajstić information content (AvgIpc) is 2.50. The summed E-state index contributed by atoms with van der Waals surface area (Å²) in [5.41, 5.74) is 7.93. The van der Waals surface area contributed by atoms with Crippen LogP contribution in [0.4, 0.5) is 0 Å². The van der Waals surface area contributed by atoms with E-state index in [0.29, 0.717) is 5.41 Å². The highest BCUT2D eigenvalue weighted by Gasteiger charge is 2.37. The molecular formula is C18H33N2+. The van der Waals surface area contributed by atoms with Gasteiger partial charge in [0.1, 0.15) is 0 Å². The average molecular weight is 277 g/mol. The fraction of sp³-hybridized carbons (Fsp3) is 0.667. The number of hydrogen-bond donors (Lipinski definition) is 1. The Morgan fingerprint density at radius 1 is 1.05 bits per heavy atom. The van der Waals surface area contributed by atoms with Crippen molar-refractivity contribution in [3.05, 3.63) is 35.9 Å². The van der Waals surface area contributed by atoms with Crippen molar-refractivity contribution in [1.82, 2.24) is 0 Å². The monoisotopic (exact) mass is 277 g/mol. The number of rotatable bonds is 4. The molecule has 0 radical (unpaired) electrons. The molecule has 1 aromatic carbocycles. The number of piperidine rings is 1. The van der Waals surface area contributed by atoms with Gasteiger partial charge < -0.3 is 10.2 Å². The summed E-state index contributed by atoms with van der Waals surface area (Å²) in [6.07, 6.45) is 4.98. The van der Waals surface area contributed by atoms with Gasteiger partial charge in [-0.15, -0.1) is 0 Å². The zero-order valence-electron chi connectivity index (χ0n) is 13.9. The summed E-state index contributed by atoms with van der Waals surface area (Å²) in [6.45, 7) is 7.39. The van der Waals surface area contributed by atoms with Crippen LogP contribution in [0.25, 0.3) is 0 Å². The first-order valence-electron chi connectivity index (χ1n) is 8.11. The second-order valence-electron chi connectivity index (χ2n) is 6.57. The Morgan fingerprint density at radius 2 is 1.60 bits per heavy atom. The number of nitrogens with zero attached hydrogens (tertiary/aromatic N) is 1. The Bertz CT molecular complexity index is 360. The van der Waals surface area contributed by atoms with Gasteiger partial charge >= 0.3 is 0 Å². The second kappa shape index (κ2) is 7.80. The van der Waals surface area contributed by atoms with E-state index in [9.17, 15) is 0 Å². The third-order valence-electron chi connectivity index (χ3n) is 4.71. The van der Waals surface area contributed by atoms with Gasteiger partial charge in [-0.3, -0.25) is 0 Å². The third-order valence-corrected chi connectivity index (χ3v) is 4.71. The van der Waals surface area contributed by atoms with E-state index < -0.39 is 0 Å². The molecular weight excluding hydrogens is 244 g/mol. The number of quaternary nitrogens is 1. The summed E-state index contributed by atoms with van der Waals surface area (Å²) in [7, 11) is 4.66. The van der Waals surface area contributed by atoms with E-state index in [0.717, 1.165) is 11.0 Å². The van der Waals surface area contributed by atoms with Gasteiger partial charge in [0.05, 0.1) is 27.2 Å². The lowest BCUT2D eigenvalue weighted by molar-refractivity contribution is -0.897. The lowest BCUT2D eigenvalue weighted by Gasteiger charge is -2.44. The molecule has 1 aromatic rings. The minimum Gasteiger partial charge on any atom is -0.330 e. The maximum Gasteiger partial charge on any atom is 0.0788 e. The van der Waals surface area contributed by atoms with Crippen LogP contribution in [-0.4, -0.2) is 38.2 Å². The molecule has 1 aliphatic heterocycles. The number of nitrogens with two attached hydrogens (primary N) is 1. The molecule has 20 heavy (non-hydrogen) atoms. The van der Waals surface area contributed by atoms with E-state index in [1.165, 1.54) is 44.3 Å². The SMILES string of the molecule is CC.C[N+]1(C)CCC(CN)(CCc2ccccc2)CC1. The second-order valence-corrected chi connectivity index (χ2v) is 6.57. The Morgan fingerprint density at radius 3 is 2.10 bits per heavy atom. The molecule has 0 unspecified atom stereocenters. The van der Waals surface area contributed by atoms with E-state index in [-0.39, 0.29) is 0 Å². The van der Waals surface area contributed by atoms with Gasteiger partial charge in [0, 0.05) is 12.8 Å². The van der Waals surface area contributed by atoms with Crippen molar-refractivity contribution in [2.45, 2.75) is 39.5 Å². The number of benzene rings is 1. The molecule has 2 N–H and O–H groups in total. The highest BCUT2D eigenvalue weighted by atomic mass is 15.3. The molecule has 2 rings (SSSR count). The number of aryl methyl sites for hydroxylation is 1. The number of likely N-dealkylation sites (tertiary alicyclic amines) is 1. The van der Waals surface area contributed by atoms with Crippen LogP contribution < -0.4 is 5.73 Å². The van der Waals surface area contributed by atoms with Crippen LogP contribution in [0, 0.1) is 5.41 Å². The lowest BCUT2D eigenvalue weighted by Crippen LogP contribution is -2.51. The highest BCUT2D eigenvalue weighted by molar-refractivity contribution is 5.15. The van der Waals surface area contributed by atoms with Crippen molar-refractivity contribution >= 4 is 0 Å². The van der Waals surface area contributed by atoms with Crippen LogP contribution in [0.2, 0.25) is 0 Å². The maximum absolute atomic E-state index is 6.08. The molecule has 0 bridgehead atoms. The fourth-order valence-corrected chi connectivity index (χ4v) is 2.93. The van der Waals surface area contributed by atoms with E-state index >= 15 is 0 Å². The predicted molar refractivity (Wildman–Crippen MR) is 88.7 cm³/mol. The summed E-state index contributed by atoms with van der Waals surface area (Å²) in [4.78, 5) is 0. The van der Waals surface area contributed by atoms with E-state index in [2.05, 4.69) is 44.4 Å². The quantitative estimate of drug-likeness (QED) is 0.838. The molecule has 0 amide bonds. The largest absolute Gasteiger partial charge is 0.330 e. The van der Waals surface area contributed by atoms with Crippen LogP contribution in [0.1, 0.15) is 38.7 Å². The molecule has 1 saturated heterocycles. The molecule has 114 valence electrons. The Balaban J connectivity index is 0.000000956. The molecule has 1 fully saturated rings. The normalized spacial score (nSPS) is 19.9. The molecule has 1 aliphatic rings. The van der Waals surface area contributed by atoms with Crippen LogP contribution in [-0.2, 0) is 6.42 Å². The standard InChI is InChI=1S/C16H27N2.C2H6/c1-18(2)12-10-16(14-17,11-13-18)9-8-15-6-4-3-5-7-15;1-2/h3-7H,8-14,17H2,1-2H3;1-2H3/q+1;. The molecule has 0 saturated carbocycles. The number of hydrogen-bond acceptors (Lipinski definition) is 1. The van der Waals surface area contributed by atoms with Gasteiger partial charge in [-0.25, -0.2) is 0 Å². The van der Waals surface area contributed by atoms with Gasteiger partial charge in [0.2, 0.25) is 0 Å². The van der Waals surface area contributed by atoms with Gasteiger partial charge in [0.15, 0.2) is 0 Å². The fourth-order valence-electron chi connectivity index (χ4n) is 2.93. The van der Waals surface area contributed by atoms with E-state index in [1.54, 1.807) is 0 Å². The van der Waals surface area contributed by atoms with E-state index in [1.807, 2.05) is 13.8 Å². The zero-order valence-corrected chi connectivity index (χ0v) is 13.9. The smallest absolute Gasteiger partial charge is 0.0788 e. The van der Waals surface area contributed by atoms with Gasteiger partial charge in [-0.05, 0) is 30.4 Å². The zero-order chi connectivity index (χ0) is 15.1. The molecule has 1 heterocycles. The lowest BCUT2D eigenvalue weighted by atomic mass is 9.74. The Hall–Kier alpha value is -0.860. The first kappa shape index (κ1) is 17.2. The van der Waals surface area contributed by atoms with Crippen molar-refractivity contribution < 1.29 is 4.48 Å². The van der Waals surface area contributed by atoms with Crippen LogP contribution in [0.15, 0.2) is 30.3 Å². The summed E-state index contributed by atoms with van der Waals surface area (Å²) >= 11 is 0. The van der Waals surface area contributed by atoms with Gasteiger partial charge in [-0.1, -0.05) is 44.2 Å². The van der Waals surface area contributed by atoms with Gasteiger partial charge in [0.25, 0.3) is 0 Å². The predicted octanol–water partition coefficient (Wildman–Crippen LogP) is 3.46. The first-order chi connectivity index (χ1) is 9.55. The summed E-state index contributed by atoms with van der Waals surface area (Å²) in [5.74, 6) is 0. The molecule has 0 spiro atoms. The Kier molecular flexibility index (Phi) is 6.70. The molecule has 0 aromatic heterocycles. The van der Waals surface area contributed by atoms with Crippen molar-refractivity contribution in [2.75, 3.05) is 33.7 Å². The van der Waals surface area contributed by atoms with Crippen LogP contribution in [0.5, 0.6) is 0 Å². The maximum atomic E-state index is 6.08. The highest BCUT2D eigenvalue weighted by Crippen LogP contribution is 2.36. The van der Waals surface area contributed by atoms with Gasteiger partial charge in [-0.2, -0.15) is 0 Å². The first-order valence-corrected chi connectivity index (χ1v) is 8.11. The van der Waals surface area contributed by atoms with Crippen LogP contribution >= 0.6 is 0 Å². The van der Waals surface area contributed by atoms with Crippen molar-refractivity contribution in [1.29, 1.82) is 0 Å².